The van der Waals surface area contributed by atoms with Crippen molar-refractivity contribution in [1.29, 1.82) is 0 Å². The highest BCUT2D eigenvalue weighted by atomic mass is 79.9. The zero-order valence-corrected chi connectivity index (χ0v) is 11.8. The SMILES string of the molecule is CCNCCC(C)(O)Cc1cc(F)ccc1Br. The van der Waals surface area contributed by atoms with Gasteiger partial charge in [-0.3, -0.25) is 0 Å². The van der Waals surface area contributed by atoms with Gasteiger partial charge in [-0.15, -0.1) is 0 Å². The molecule has 0 amide bonds. The average molecular weight is 304 g/mol. The molecule has 0 aliphatic heterocycles. The van der Waals surface area contributed by atoms with Crippen LogP contribution in [0.5, 0.6) is 0 Å². The van der Waals surface area contributed by atoms with Crippen LogP contribution in [0.3, 0.4) is 0 Å². The quantitative estimate of drug-likeness (QED) is 0.792. The Morgan fingerprint density at radius 2 is 2.18 bits per heavy atom. The van der Waals surface area contributed by atoms with Crippen LogP contribution >= 0.6 is 15.9 Å². The van der Waals surface area contributed by atoms with Crippen molar-refractivity contribution in [3.05, 3.63) is 34.1 Å². The van der Waals surface area contributed by atoms with E-state index >= 15 is 0 Å². The van der Waals surface area contributed by atoms with Gasteiger partial charge in [-0.25, -0.2) is 4.39 Å². The monoisotopic (exact) mass is 303 g/mol. The van der Waals surface area contributed by atoms with Crippen molar-refractivity contribution < 1.29 is 9.50 Å². The molecule has 1 unspecified atom stereocenters. The summed E-state index contributed by atoms with van der Waals surface area (Å²) in [6.07, 6.45) is 1.08. The molecule has 0 aromatic heterocycles. The summed E-state index contributed by atoms with van der Waals surface area (Å²) >= 11 is 3.37. The standard InChI is InChI=1S/C13H19BrFNO/c1-3-16-7-6-13(2,17)9-10-8-11(15)4-5-12(10)14/h4-5,8,16-17H,3,6-7,9H2,1-2H3. The molecule has 0 spiro atoms. The molecule has 2 N–H and O–H groups in total. The van der Waals surface area contributed by atoms with E-state index in [4.69, 9.17) is 0 Å². The Kier molecular flexibility index (Phi) is 5.56. The highest BCUT2D eigenvalue weighted by molar-refractivity contribution is 9.10. The number of rotatable bonds is 6. The summed E-state index contributed by atoms with van der Waals surface area (Å²) in [7, 11) is 0. The summed E-state index contributed by atoms with van der Waals surface area (Å²) in [6, 6.07) is 4.54. The fourth-order valence-electron chi connectivity index (χ4n) is 1.71. The van der Waals surface area contributed by atoms with Gasteiger partial charge in [-0.1, -0.05) is 22.9 Å². The summed E-state index contributed by atoms with van der Waals surface area (Å²) in [5.74, 6) is -0.273. The third kappa shape index (κ3) is 5.15. The van der Waals surface area contributed by atoms with Crippen LogP contribution in [-0.2, 0) is 6.42 Å². The van der Waals surface area contributed by atoms with Gasteiger partial charge in [0.25, 0.3) is 0 Å². The predicted octanol–water partition coefficient (Wildman–Crippen LogP) is 2.88. The maximum atomic E-state index is 13.1. The third-order valence-corrected chi connectivity index (χ3v) is 3.44. The van der Waals surface area contributed by atoms with Crippen molar-refractivity contribution in [3.8, 4) is 0 Å². The van der Waals surface area contributed by atoms with Crippen molar-refractivity contribution in [2.75, 3.05) is 13.1 Å². The van der Waals surface area contributed by atoms with E-state index < -0.39 is 5.60 Å². The van der Waals surface area contributed by atoms with E-state index in [2.05, 4.69) is 21.2 Å². The summed E-state index contributed by atoms with van der Waals surface area (Å²) in [5.41, 5.74) is -0.0233. The first-order valence-electron chi connectivity index (χ1n) is 5.81. The number of halogens is 2. The molecule has 0 aliphatic carbocycles. The largest absolute Gasteiger partial charge is 0.390 e. The van der Waals surface area contributed by atoms with Gasteiger partial charge < -0.3 is 10.4 Å². The minimum absolute atomic E-state index is 0.273. The summed E-state index contributed by atoms with van der Waals surface area (Å²) < 4.78 is 13.9. The molecule has 0 saturated carbocycles. The molecule has 1 aromatic rings. The van der Waals surface area contributed by atoms with Crippen LogP contribution in [0.15, 0.2) is 22.7 Å². The van der Waals surface area contributed by atoms with Crippen molar-refractivity contribution >= 4 is 15.9 Å². The minimum atomic E-state index is -0.821. The highest BCUT2D eigenvalue weighted by Gasteiger charge is 2.21. The molecule has 1 atom stereocenters. The van der Waals surface area contributed by atoms with Gasteiger partial charge >= 0.3 is 0 Å². The van der Waals surface area contributed by atoms with Gasteiger partial charge in [0.05, 0.1) is 5.60 Å². The number of hydrogen-bond acceptors (Lipinski definition) is 2. The van der Waals surface area contributed by atoms with Gasteiger partial charge in [0.1, 0.15) is 5.82 Å². The van der Waals surface area contributed by atoms with Crippen molar-refractivity contribution in [2.45, 2.75) is 32.3 Å². The lowest BCUT2D eigenvalue weighted by Crippen LogP contribution is -2.32. The average Bonchev–Trinajstić information content (AvgIpc) is 2.23. The molecule has 1 rings (SSSR count). The second-order valence-electron chi connectivity index (χ2n) is 4.51. The number of hydrogen-bond donors (Lipinski definition) is 2. The Morgan fingerprint density at radius 3 is 2.82 bits per heavy atom. The molecule has 2 nitrogen and oxygen atoms in total. The topological polar surface area (TPSA) is 32.3 Å². The fourth-order valence-corrected chi connectivity index (χ4v) is 2.10. The van der Waals surface area contributed by atoms with E-state index in [9.17, 15) is 9.50 Å². The first-order valence-corrected chi connectivity index (χ1v) is 6.61. The van der Waals surface area contributed by atoms with Gasteiger partial charge in [0, 0.05) is 10.9 Å². The lowest BCUT2D eigenvalue weighted by atomic mass is 9.93. The molecular weight excluding hydrogens is 285 g/mol. The van der Waals surface area contributed by atoms with E-state index in [-0.39, 0.29) is 5.82 Å². The van der Waals surface area contributed by atoms with Gasteiger partial charge in [0.15, 0.2) is 0 Å². The van der Waals surface area contributed by atoms with E-state index in [1.54, 1.807) is 13.0 Å². The van der Waals surface area contributed by atoms with E-state index in [1.165, 1.54) is 12.1 Å². The molecule has 1 aromatic carbocycles. The molecule has 0 bridgehead atoms. The third-order valence-electron chi connectivity index (χ3n) is 2.67. The molecule has 0 radical (unpaired) electrons. The molecule has 0 aliphatic rings. The first kappa shape index (κ1) is 14.6. The van der Waals surface area contributed by atoms with Crippen LogP contribution in [-0.4, -0.2) is 23.8 Å². The lowest BCUT2D eigenvalue weighted by Gasteiger charge is -2.24. The van der Waals surface area contributed by atoms with Crippen LogP contribution in [0.25, 0.3) is 0 Å². The Morgan fingerprint density at radius 1 is 1.47 bits per heavy atom. The van der Waals surface area contributed by atoms with Crippen LogP contribution in [0.4, 0.5) is 4.39 Å². The number of nitrogens with one attached hydrogen (secondary N) is 1. The maximum absolute atomic E-state index is 13.1. The Labute approximate surface area is 110 Å². The molecule has 4 heteroatoms. The smallest absolute Gasteiger partial charge is 0.123 e. The van der Waals surface area contributed by atoms with Crippen molar-refractivity contribution in [2.24, 2.45) is 0 Å². The first-order chi connectivity index (χ1) is 7.94. The van der Waals surface area contributed by atoms with Crippen LogP contribution < -0.4 is 5.32 Å². The molecule has 0 heterocycles. The summed E-state index contributed by atoms with van der Waals surface area (Å²) in [6.45, 7) is 5.45. The van der Waals surface area contributed by atoms with E-state index in [1.807, 2.05) is 6.92 Å². The molecule has 0 fully saturated rings. The fraction of sp³-hybridized carbons (Fsp3) is 0.538. The normalized spacial score (nSPS) is 14.6. The summed E-state index contributed by atoms with van der Waals surface area (Å²) in [4.78, 5) is 0. The van der Waals surface area contributed by atoms with Crippen molar-refractivity contribution in [3.63, 3.8) is 0 Å². The highest BCUT2D eigenvalue weighted by Crippen LogP contribution is 2.24. The number of aliphatic hydroxyl groups is 1. The van der Waals surface area contributed by atoms with E-state index in [0.717, 1.165) is 23.1 Å². The maximum Gasteiger partial charge on any atom is 0.123 e. The van der Waals surface area contributed by atoms with E-state index in [0.29, 0.717) is 12.8 Å². The predicted molar refractivity (Wildman–Crippen MR) is 71.6 cm³/mol. The molecule has 0 saturated heterocycles. The zero-order valence-electron chi connectivity index (χ0n) is 10.3. The van der Waals surface area contributed by atoms with Crippen LogP contribution in [0.1, 0.15) is 25.8 Å². The molecule has 17 heavy (non-hydrogen) atoms. The van der Waals surface area contributed by atoms with Gasteiger partial charge in [0.2, 0.25) is 0 Å². The molecule has 96 valence electrons. The lowest BCUT2D eigenvalue weighted by molar-refractivity contribution is 0.0515. The second kappa shape index (κ2) is 6.47. The zero-order chi connectivity index (χ0) is 12.9. The number of benzene rings is 1. The molecular formula is C13H19BrFNO. The Balaban J connectivity index is 2.65. The Hall–Kier alpha value is -0.450. The minimum Gasteiger partial charge on any atom is -0.390 e. The second-order valence-corrected chi connectivity index (χ2v) is 5.37. The van der Waals surface area contributed by atoms with Gasteiger partial charge in [-0.2, -0.15) is 0 Å². The van der Waals surface area contributed by atoms with Crippen molar-refractivity contribution in [1.82, 2.24) is 5.32 Å². The van der Waals surface area contributed by atoms with Gasteiger partial charge in [-0.05, 0) is 50.2 Å². The van der Waals surface area contributed by atoms with Crippen LogP contribution in [0.2, 0.25) is 0 Å². The summed E-state index contributed by atoms with van der Waals surface area (Å²) in [5, 5.41) is 13.4. The Bertz CT molecular complexity index is 368. The van der Waals surface area contributed by atoms with Crippen LogP contribution in [0, 0.1) is 5.82 Å².